The van der Waals surface area contributed by atoms with Crippen LogP contribution in [0.3, 0.4) is 0 Å². The van der Waals surface area contributed by atoms with Crippen molar-refractivity contribution in [3.63, 3.8) is 0 Å². The van der Waals surface area contributed by atoms with Gasteiger partial charge in [-0.05, 0) is 55.0 Å². The lowest BCUT2D eigenvalue weighted by Gasteiger charge is -2.05. The van der Waals surface area contributed by atoms with Crippen LogP contribution in [-0.2, 0) is 16.4 Å². The van der Waals surface area contributed by atoms with E-state index in [1.54, 1.807) is 35.0 Å². The minimum atomic E-state index is -3.29. The molecule has 0 bridgehead atoms. The Morgan fingerprint density at radius 2 is 1.80 bits per heavy atom. The number of hydrogen-bond donors (Lipinski definition) is 1. The van der Waals surface area contributed by atoms with E-state index in [2.05, 4.69) is 10.4 Å². The summed E-state index contributed by atoms with van der Waals surface area (Å²) >= 11 is 1.32. The summed E-state index contributed by atoms with van der Waals surface area (Å²) in [5.41, 5.74) is 2.22. The molecule has 30 heavy (non-hydrogen) atoms. The van der Waals surface area contributed by atoms with Gasteiger partial charge in [0.1, 0.15) is 10.6 Å². The Morgan fingerprint density at radius 3 is 2.43 bits per heavy atom. The molecule has 2 aromatic heterocycles. The van der Waals surface area contributed by atoms with Gasteiger partial charge in [-0.2, -0.15) is 5.10 Å². The number of amides is 1. The summed E-state index contributed by atoms with van der Waals surface area (Å²) in [7, 11) is -3.29. The van der Waals surface area contributed by atoms with E-state index in [0.29, 0.717) is 17.1 Å². The lowest BCUT2D eigenvalue weighted by molar-refractivity contribution is 0.103. The van der Waals surface area contributed by atoms with Crippen LogP contribution in [-0.4, -0.2) is 30.4 Å². The smallest absolute Gasteiger partial charge is 0.265 e. The molecule has 0 aliphatic heterocycles. The van der Waals surface area contributed by atoms with Gasteiger partial charge in [-0.15, -0.1) is 11.3 Å². The number of aromatic nitrogens is 2. The molecule has 0 saturated carbocycles. The van der Waals surface area contributed by atoms with Crippen molar-refractivity contribution in [2.24, 2.45) is 0 Å². The molecule has 4 aromatic rings. The lowest BCUT2D eigenvalue weighted by atomic mass is 10.2. The van der Waals surface area contributed by atoms with Crippen LogP contribution in [0, 0.1) is 12.7 Å². The highest BCUT2D eigenvalue weighted by atomic mass is 32.2. The van der Waals surface area contributed by atoms with Crippen LogP contribution in [0.2, 0.25) is 0 Å². The Balaban J connectivity index is 1.57. The van der Waals surface area contributed by atoms with E-state index in [0.717, 1.165) is 27.7 Å². The minimum Gasteiger partial charge on any atom is -0.321 e. The van der Waals surface area contributed by atoms with Crippen molar-refractivity contribution in [1.82, 2.24) is 9.78 Å². The summed E-state index contributed by atoms with van der Waals surface area (Å²) in [6.45, 7) is 2.35. The molecule has 0 unspecified atom stereocenters. The van der Waals surface area contributed by atoms with Gasteiger partial charge in [-0.25, -0.2) is 12.8 Å². The molecule has 0 atom stereocenters. The Kier molecular flexibility index (Phi) is 5.17. The third-order valence-electron chi connectivity index (χ3n) is 4.62. The quantitative estimate of drug-likeness (QED) is 0.500. The summed E-state index contributed by atoms with van der Waals surface area (Å²) in [6, 6.07) is 14.1. The van der Waals surface area contributed by atoms with Crippen molar-refractivity contribution in [1.29, 1.82) is 0 Å². The number of rotatable bonds is 5. The average molecular weight is 444 g/mol. The third kappa shape index (κ3) is 4.12. The van der Waals surface area contributed by atoms with Crippen LogP contribution in [0.5, 0.6) is 0 Å². The van der Waals surface area contributed by atoms with Gasteiger partial charge in [0, 0.05) is 17.3 Å². The molecule has 9 heteroatoms. The summed E-state index contributed by atoms with van der Waals surface area (Å²) in [5.74, 6) is -0.573. The van der Waals surface area contributed by atoms with Crippen LogP contribution in [0.4, 0.5) is 10.1 Å². The molecular weight excluding hydrogens is 425 g/mol. The number of aryl methyl sites for hydroxylation is 1. The molecule has 1 N–H and O–H groups in total. The average Bonchev–Trinajstić information content (AvgIpc) is 3.25. The standard InChI is InChI=1S/C21H18FN3O3S2/c1-13-18-11-19(20(26)23-16-7-9-17(10-8-16)30(2,27)28)29-21(18)25(24-13)12-14-3-5-15(22)6-4-14/h3-11H,12H2,1-2H3,(H,23,26). The number of nitrogens with one attached hydrogen (secondary N) is 1. The first-order valence-corrected chi connectivity index (χ1v) is 11.7. The number of benzene rings is 2. The Hall–Kier alpha value is -3.04. The van der Waals surface area contributed by atoms with Crippen LogP contribution in [0.1, 0.15) is 20.9 Å². The number of halogens is 1. The molecule has 154 valence electrons. The topological polar surface area (TPSA) is 81.1 Å². The maximum Gasteiger partial charge on any atom is 0.265 e. The maximum atomic E-state index is 13.1. The highest BCUT2D eigenvalue weighted by Gasteiger charge is 2.17. The number of thiophene rings is 1. The first-order valence-electron chi connectivity index (χ1n) is 9.03. The Bertz CT molecular complexity index is 1340. The van der Waals surface area contributed by atoms with Gasteiger partial charge < -0.3 is 5.32 Å². The molecule has 0 aliphatic carbocycles. The van der Waals surface area contributed by atoms with E-state index in [9.17, 15) is 17.6 Å². The molecule has 0 spiro atoms. The number of nitrogens with zero attached hydrogens (tertiary/aromatic N) is 2. The fraction of sp³-hybridized carbons (Fsp3) is 0.143. The second kappa shape index (κ2) is 7.66. The number of carbonyl (C=O) groups is 1. The van der Waals surface area contributed by atoms with Crippen LogP contribution < -0.4 is 5.32 Å². The van der Waals surface area contributed by atoms with E-state index in [-0.39, 0.29) is 16.6 Å². The highest BCUT2D eigenvalue weighted by Crippen LogP contribution is 2.29. The van der Waals surface area contributed by atoms with Crippen molar-refractivity contribution in [2.45, 2.75) is 18.4 Å². The number of anilines is 1. The van der Waals surface area contributed by atoms with Crippen molar-refractivity contribution >= 4 is 43.0 Å². The molecule has 2 aromatic carbocycles. The number of carbonyl (C=O) groups excluding carboxylic acids is 1. The van der Waals surface area contributed by atoms with E-state index in [4.69, 9.17) is 0 Å². The highest BCUT2D eigenvalue weighted by molar-refractivity contribution is 7.90. The molecular formula is C21H18FN3O3S2. The first kappa shape index (κ1) is 20.2. The van der Waals surface area contributed by atoms with E-state index >= 15 is 0 Å². The Labute approximate surface area is 176 Å². The lowest BCUT2D eigenvalue weighted by Crippen LogP contribution is -2.10. The van der Waals surface area contributed by atoms with Crippen molar-refractivity contribution in [3.8, 4) is 0 Å². The largest absolute Gasteiger partial charge is 0.321 e. The summed E-state index contributed by atoms with van der Waals surface area (Å²) in [5, 5.41) is 8.21. The van der Waals surface area contributed by atoms with E-state index in [1.165, 1.54) is 35.6 Å². The number of fused-ring (bicyclic) bond motifs is 1. The number of hydrogen-bond acceptors (Lipinski definition) is 5. The molecule has 4 rings (SSSR count). The van der Waals surface area contributed by atoms with Gasteiger partial charge in [0.2, 0.25) is 0 Å². The van der Waals surface area contributed by atoms with Gasteiger partial charge in [0.05, 0.1) is 22.0 Å². The SMILES string of the molecule is Cc1nn(Cc2ccc(F)cc2)c2sc(C(=O)Nc3ccc(S(C)(=O)=O)cc3)cc12. The van der Waals surface area contributed by atoms with Crippen molar-refractivity contribution < 1.29 is 17.6 Å². The Morgan fingerprint density at radius 1 is 1.13 bits per heavy atom. The van der Waals surface area contributed by atoms with Crippen molar-refractivity contribution in [3.05, 3.63) is 76.5 Å². The second-order valence-corrected chi connectivity index (χ2v) is 10.00. The van der Waals surface area contributed by atoms with Gasteiger partial charge in [0.15, 0.2) is 9.84 Å². The fourth-order valence-corrected chi connectivity index (χ4v) is 4.76. The second-order valence-electron chi connectivity index (χ2n) is 6.95. The zero-order chi connectivity index (χ0) is 21.5. The predicted molar refractivity (Wildman–Crippen MR) is 115 cm³/mol. The summed E-state index contributed by atoms with van der Waals surface area (Å²) < 4.78 is 38.1. The van der Waals surface area contributed by atoms with E-state index in [1.807, 2.05) is 6.92 Å². The van der Waals surface area contributed by atoms with Gasteiger partial charge in [-0.3, -0.25) is 9.48 Å². The maximum absolute atomic E-state index is 13.1. The van der Waals surface area contributed by atoms with Crippen LogP contribution in [0.15, 0.2) is 59.5 Å². The predicted octanol–water partition coefficient (Wildman–Crippen LogP) is 4.25. The molecule has 1 amide bonds. The third-order valence-corrected chi connectivity index (χ3v) is 6.89. The normalized spacial score (nSPS) is 11.7. The zero-order valence-corrected chi connectivity index (χ0v) is 17.8. The fourth-order valence-electron chi connectivity index (χ4n) is 3.07. The molecule has 0 saturated heterocycles. The van der Waals surface area contributed by atoms with Gasteiger partial charge >= 0.3 is 0 Å². The van der Waals surface area contributed by atoms with Gasteiger partial charge in [-0.1, -0.05) is 12.1 Å². The molecule has 0 fully saturated rings. The summed E-state index contributed by atoms with van der Waals surface area (Å²) in [4.78, 5) is 14.3. The summed E-state index contributed by atoms with van der Waals surface area (Å²) in [6.07, 6.45) is 1.13. The molecule has 2 heterocycles. The number of sulfone groups is 1. The van der Waals surface area contributed by atoms with Crippen LogP contribution in [0.25, 0.3) is 10.2 Å². The van der Waals surface area contributed by atoms with E-state index < -0.39 is 9.84 Å². The monoisotopic (exact) mass is 443 g/mol. The zero-order valence-electron chi connectivity index (χ0n) is 16.2. The van der Waals surface area contributed by atoms with Crippen molar-refractivity contribution in [2.75, 3.05) is 11.6 Å². The molecule has 0 aliphatic rings. The molecule has 6 nitrogen and oxygen atoms in total. The van der Waals surface area contributed by atoms with Crippen LogP contribution >= 0.6 is 11.3 Å². The van der Waals surface area contributed by atoms with Gasteiger partial charge in [0.25, 0.3) is 5.91 Å². The minimum absolute atomic E-state index is 0.193. The first-order chi connectivity index (χ1) is 14.2. The molecule has 0 radical (unpaired) electrons.